The van der Waals surface area contributed by atoms with Gasteiger partial charge in [-0.3, -0.25) is 20.3 Å². The minimum absolute atomic E-state index is 0.735. The van der Waals surface area contributed by atoms with Gasteiger partial charge in [0.15, 0.2) is 0 Å². The minimum atomic E-state index is 0.735. The van der Waals surface area contributed by atoms with Crippen molar-refractivity contribution < 1.29 is 4.74 Å². The van der Waals surface area contributed by atoms with Crippen LogP contribution in [0.2, 0.25) is 0 Å². The number of morpholine rings is 1. The number of aryl methyl sites for hydroxylation is 1. The molecular formula is C28H40N4O. The Morgan fingerprint density at radius 1 is 1.18 bits per heavy atom. The van der Waals surface area contributed by atoms with E-state index in [2.05, 4.69) is 79.6 Å². The van der Waals surface area contributed by atoms with E-state index in [9.17, 15) is 0 Å². The maximum atomic E-state index is 5.16. The van der Waals surface area contributed by atoms with Crippen molar-refractivity contribution in [3.05, 3.63) is 83.2 Å². The molecule has 0 saturated carbocycles. The van der Waals surface area contributed by atoms with Crippen molar-refractivity contribution in [2.45, 2.75) is 34.6 Å². The molecule has 1 aromatic carbocycles. The van der Waals surface area contributed by atoms with Crippen LogP contribution in [-0.2, 0) is 4.74 Å². The monoisotopic (exact) mass is 448 g/mol. The number of benzene rings is 1. The first-order chi connectivity index (χ1) is 15.9. The third-order valence-electron chi connectivity index (χ3n) is 5.58. The number of nitrogens with zero attached hydrogens (tertiary/aromatic N) is 3. The Bertz CT molecular complexity index is 933. The zero-order valence-electron chi connectivity index (χ0n) is 21.0. The number of allylic oxidation sites excluding steroid dienone is 3. The minimum Gasteiger partial charge on any atom is -0.379 e. The number of nitrogens with one attached hydrogen (secondary N) is 1. The predicted octanol–water partition coefficient (Wildman–Crippen LogP) is 5.59. The largest absolute Gasteiger partial charge is 0.379 e. The van der Waals surface area contributed by atoms with Crippen LogP contribution in [0.25, 0.3) is 12.2 Å². The first-order valence-corrected chi connectivity index (χ1v) is 11.8. The summed E-state index contributed by atoms with van der Waals surface area (Å²) in [4.78, 5) is 6.84. The second-order valence-corrected chi connectivity index (χ2v) is 8.02. The molecule has 2 aliphatic rings. The van der Waals surface area contributed by atoms with Gasteiger partial charge in [0.2, 0.25) is 0 Å². The van der Waals surface area contributed by atoms with E-state index in [1.54, 1.807) is 0 Å². The lowest BCUT2D eigenvalue weighted by atomic mass is 10.0. The Kier molecular flexibility index (Phi) is 10.9. The van der Waals surface area contributed by atoms with Crippen LogP contribution < -0.4 is 5.43 Å². The van der Waals surface area contributed by atoms with Gasteiger partial charge in [-0.1, -0.05) is 56.0 Å². The number of hydrogen-bond donors (Lipinski definition) is 1. The van der Waals surface area contributed by atoms with Gasteiger partial charge in [-0.25, -0.2) is 0 Å². The molecule has 1 saturated heterocycles. The molecule has 0 spiro atoms. The van der Waals surface area contributed by atoms with Crippen molar-refractivity contribution in [2.75, 3.05) is 39.4 Å². The number of aliphatic imine (C=N–C) groups is 1. The summed E-state index contributed by atoms with van der Waals surface area (Å²) in [5.41, 5.74) is 9.91. The quantitative estimate of drug-likeness (QED) is 0.576. The second-order valence-electron chi connectivity index (χ2n) is 8.02. The van der Waals surface area contributed by atoms with Crippen LogP contribution in [0.15, 0.2) is 71.5 Å². The van der Waals surface area contributed by atoms with Gasteiger partial charge >= 0.3 is 0 Å². The Morgan fingerprint density at radius 3 is 2.48 bits per heavy atom. The lowest BCUT2D eigenvalue weighted by Crippen LogP contribution is -2.42. The highest BCUT2D eigenvalue weighted by atomic mass is 16.5. The zero-order valence-corrected chi connectivity index (χ0v) is 21.0. The van der Waals surface area contributed by atoms with Crippen LogP contribution in [0.4, 0.5) is 0 Å². The molecule has 5 heteroatoms. The molecule has 0 bridgehead atoms. The maximum absolute atomic E-state index is 5.16. The molecule has 3 rings (SSSR count). The van der Waals surface area contributed by atoms with E-state index in [4.69, 9.17) is 4.74 Å². The van der Waals surface area contributed by atoms with E-state index in [0.29, 0.717) is 0 Å². The highest BCUT2D eigenvalue weighted by Crippen LogP contribution is 2.24. The Balaban J connectivity index is 0.000000405. The van der Waals surface area contributed by atoms with E-state index in [1.807, 2.05) is 37.1 Å². The van der Waals surface area contributed by atoms with Crippen molar-refractivity contribution in [2.24, 2.45) is 4.99 Å². The van der Waals surface area contributed by atoms with Gasteiger partial charge in [0.25, 0.3) is 0 Å². The average Bonchev–Trinajstić information content (AvgIpc) is 2.83. The molecule has 0 radical (unpaired) electrons. The lowest BCUT2D eigenvalue weighted by molar-refractivity contribution is 0.0405. The number of rotatable bonds is 6. The summed E-state index contributed by atoms with van der Waals surface area (Å²) in [5.74, 6) is 0.837. The number of hydrazine groups is 1. The third kappa shape index (κ3) is 7.88. The molecule has 1 aromatic rings. The average molecular weight is 449 g/mol. The highest BCUT2D eigenvalue weighted by Gasteiger charge is 2.17. The van der Waals surface area contributed by atoms with Crippen LogP contribution in [0.1, 0.15) is 44.4 Å². The van der Waals surface area contributed by atoms with Gasteiger partial charge in [0.1, 0.15) is 5.84 Å². The third-order valence-corrected chi connectivity index (χ3v) is 5.58. The van der Waals surface area contributed by atoms with E-state index >= 15 is 0 Å². The molecule has 0 amide bonds. The standard InChI is InChI=1S/C22H27N3.C6H13NO/c1-7-19-12-10-16(4)14-20(19)15-17(5)21(8-2)25-18(6)11-13-22(24-25)23-9-3;1-2-7-3-5-8-6-4-7/h7-8,10-15H,1,6,9H2,2-5H3,(H,23,24);2-6H2,1H3/b17-15+,21-8-;. The Labute approximate surface area is 200 Å². The normalized spacial score (nSPS) is 18.6. The van der Waals surface area contributed by atoms with Gasteiger partial charge in [-0.15, -0.1) is 0 Å². The van der Waals surface area contributed by atoms with E-state index in [0.717, 1.165) is 66.8 Å². The molecular weight excluding hydrogens is 408 g/mol. The summed E-state index contributed by atoms with van der Waals surface area (Å²) < 4.78 is 5.16. The molecule has 178 valence electrons. The Hall–Kier alpha value is -2.89. The molecule has 5 nitrogen and oxygen atoms in total. The van der Waals surface area contributed by atoms with E-state index < -0.39 is 0 Å². The summed E-state index contributed by atoms with van der Waals surface area (Å²) in [6.07, 6.45) is 10.1. The SMILES string of the molecule is C=Cc1ccc(C)cc1/C=C(C)/C(=C/C)N1NC(=NCC)C=CC1=C.CCN1CCOCC1. The molecule has 0 aromatic heterocycles. The first-order valence-electron chi connectivity index (χ1n) is 11.8. The Morgan fingerprint density at radius 2 is 1.91 bits per heavy atom. The fourth-order valence-electron chi connectivity index (χ4n) is 3.71. The molecule has 1 N–H and O–H groups in total. The van der Waals surface area contributed by atoms with Gasteiger partial charge < -0.3 is 4.74 Å². The predicted molar refractivity (Wildman–Crippen MR) is 143 cm³/mol. The summed E-state index contributed by atoms with van der Waals surface area (Å²) in [7, 11) is 0. The molecule has 33 heavy (non-hydrogen) atoms. The fourth-order valence-corrected chi connectivity index (χ4v) is 3.71. The van der Waals surface area contributed by atoms with Crippen LogP contribution >= 0.6 is 0 Å². The lowest BCUT2D eigenvalue weighted by Gasteiger charge is -2.32. The summed E-state index contributed by atoms with van der Waals surface area (Å²) in [5, 5.41) is 1.98. The van der Waals surface area contributed by atoms with Crippen LogP contribution in [-0.4, -0.2) is 55.1 Å². The summed E-state index contributed by atoms with van der Waals surface area (Å²) in [6, 6.07) is 6.38. The molecule has 1 fully saturated rings. The second kappa shape index (κ2) is 13.6. The van der Waals surface area contributed by atoms with Crippen LogP contribution in [0.3, 0.4) is 0 Å². The van der Waals surface area contributed by atoms with Crippen molar-refractivity contribution in [1.29, 1.82) is 0 Å². The summed E-state index contributed by atoms with van der Waals surface area (Å²) in [6.45, 7) is 24.5. The molecule has 0 aliphatic carbocycles. The van der Waals surface area contributed by atoms with Crippen molar-refractivity contribution in [1.82, 2.24) is 15.3 Å². The topological polar surface area (TPSA) is 40.1 Å². The van der Waals surface area contributed by atoms with Crippen LogP contribution in [0, 0.1) is 6.92 Å². The van der Waals surface area contributed by atoms with E-state index in [1.165, 1.54) is 12.1 Å². The summed E-state index contributed by atoms with van der Waals surface area (Å²) >= 11 is 0. The van der Waals surface area contributed by atoms with Crippen molar-refractivity contribution in [3.8, 4) is 0 Å². The molecule has 2 aliphatic heterocycles. The highest BCUT2D eigenvalue weighted by molar-refractivity contribution is 5.94. The molecule has 0 atom stereocenters. The van der Waals surface area contributed by atoms with Gasteiger partial charge in [0, 0.05) is 19.6 Å². The number of hydrogen-bond acceptors (Lipinski definition) is 4. The molecule has 2 heterocycles. The molecule has 0 unspecified atom stereocenters. The van der Waals surface area contributed by atoms with Crippen molar-refractivity contribution >= 4 is 18.0 Å². The van der Waals surface area contributed by atoms with Crippen molar-refractivity contribution in [3.63, 3.8) is 0 Å². The van der Waals surface area contributed by atoms with E-state index in [-0.39, 0.29) is 0 Å². The zero-order chi connectivity index (χ0) is 24.2. The van der Waals surface area contributed by atoms with Gasteiger partial charge in [-0.2, -0.15) is 0 Å². The smallest absolute Gasteiger partial charge is 0.140 e. The number of likely N-dealkylation sites (N-methyl/N-ethyl adjacent to an activating group) is 1. The van der Waals surface area contributed by atoms with Gasteiger partial charge in [0.05, 0.1) is 24.6 Å². The van der Waals surface area contributed by atoms with Crippen LogP contribution in [0.5, 0.6) is 0 Å². The number of ether oxygens (including phenoxy) is 1. The van der Waals surface area contributed by atoms with Gasteiger partial charge in [-0.05, 0) is 69.2 Å². The fraction of sp³-hybridized carbons (Fsp3) is 0.393. The number of amidine groups is 1. The maximum Gasteiger partial charge on any atom is 0.140 e. The first kappa shape index (κ1) is 26.4.